The van der Waals surface area contributed by atoms with Crippen molar-refractivity contribution in [1.82, 2.24) is 24.0 Å². The first kappa shape index (κ1) is 17.9. The Hall–Kier alpha value is -2.52. The molecule has 1 aliphatic rings. The second-order valence-electron chi connectivity index (χ2n) is 6.86. The molecule has 0 radical (unpaired) electrons. The lowest BCUT2D eigenvalue weighted by atomic mass is 9.89. The van der Waals surface area contributed by atoms with Gasteiger partial charge in [0.2, 0.25) is 5.89 Å². The van der Waals surface area contributed by atoms with Crippen LogP contribution in [0.4, 0.5) is 0 Å². The van der Waals surface area contributed by atoms with Crippen molar-refractivity contribution in [3.05, 3.63) is 59.6 Å². The lowest BCUT2D eigenvalue weighted by molar-refractivity contribution is 0.345. The van der Waals surface area contributed by atoms with Crippen molar-refractivity contribution < 1.29 is 12.9 Å². The number of nitrogens with zero attached hydrogens (tertiary/aromatic N) is 5. The molecule has 1 fully saturated rings. The predicted octanol–water partition coefficient (Wildman–Crippen LogP) is 1.99. The van der Waals surface area contributed by atoms with E-state index < -0.39 is 10.0 Å². The van der Waals surface area contributed by atoms with Crippen LogP contribution in [0.1, 0.15) is 34.9 Å². The summed E-state index contributed by atoms with van der Waals surface area (Å²) in [6.45, 7) is 4.15. The van der Waals surface area contributed by atoms with E-state index in [9.17, 15) is 8.42 Å². The summed E-state index contributed by atoms with van der Waals surface area (Å²) in [6, 6.07) is 9.84. The molecule has 0 N–H and O–H groups in total. The van der Waals surface area contributed by atoms with Crippen LogP contribution in [-0.2, 0) is 17.1 Å². The van der Waals surface area contributed by atoms with Gasteiger partial charge >= 0.3 is 0 Å². The molecule has 2 aromatic heterocycles. The molecule has 1 aromatic carbocycles. The van der Waals surface area contributed by atoms with E-state index in [1.54, 1.807) is 31.7 Å². The summed E-state index contributed by atoms with van der Waals surface area (Å²) in [5, 5.41) is 3.95. The van der Waals surface area contributed by atoms with E-state index >= 15 is 0 Å². The number of aryl methyl sites for hydroxylation is 3. The van der Waals surface area contributed by atoms with Gasteiger partial charge in [-0.25, -0.2) is 13.4 Å². The fraction of sp³-hybridized carbons (Fsp3) is 0.389. The highest BCUT2D eigenvalue weighted by atomic mass is 32.2. The first-order chi connectivity index (χ1) is 12.9. The van der Waals surface area contributed by atoms with E-state index in [0.717, 1.165) is 5.56 Å². The van der Waals surface area contributed by atoms with Crippen LogP contribution in [0.15, 0.2) is 46.1 Å². The minimum Gasteiger partial charge on any atom is -0.339 e. The van der Waals surface area contributed by atoms with E-state index in [2.05, 4.69) is 15.1 Å². The average molecular weight is 387 g/mol. The second kappa shape index (κ2) is 6.58. The molecule has 2 atom stereocenters. The lowest BCUT2D eigenvalue weighted by Gasteiger charge is -2.15. The molecule has 3 aromatic rings. The van der Waals surface area contributed by atoms with Gasteiger partial charge in [0.05, 0.1) is 5.92 Å². The zero-order valence-electron chi connectivity index (χ0n) is 15.4. The molecule has 1 aliphatic heterocycles. The van der Waals surface area contributed by atoms with Crippen LogP contribution in [0.5, 0.6) is 0 Å². The van der Waals surface area contributed by atoms with Gasteiger partial charge in [-0.05, 0) is 19.4 Å². The van der Waals surface area contributed by atoms with Gasteiger partial charge in [-0.3, -0.25) is 0 Å². The normalized spacial score (nSPS) is 21.0. The Morgan fingerprint density at radius 1 is 1.07 bits per heavy atom. The third-order valence-corrected chi connectivity index (χ3v) is 6.77. The molecule has 4 rings (SSSR count). The van der Waals surface area contributed by atoms with Gasteiger partial charge in [-0.2, -0.15) is 9.29 Å². The first-order valence-electron chi connectivity index (χ1n) is 8.71. The number of aromatic nitrogens is 4. The van der Waals surface area contributed by atoms with Crippen LogP contribution in [-0.4, -0.2) is 45.5 Å². The molecule has 0 spiro atoms. The van der Waals surface area contributed by atoms with Crippen molar-refractivity contribution in [2.75, 3.05) is 13.1 Å². The highest BCUT2D eigenvalue weighted by molar-refractivity contribution is 7.89. The Labute approximate surface area is 157 Å². The Balaban J connectivity index is 1.72. The quantitative estimate of drug-likeness (QED) is 0.680. The molecule has 0 aliphatic carbocycles. The molecule has 3 heterocycles. The summed E-state index contributed by atoms with van der Waals surface area (Å²) in [7, 11) is -1.92. The van der Waals surface area contributed by atoms with Crippen molar-refractivity contribution in [3.8, 4) is 0 Å². The van der Waals surface area contributed by atoms with Crippen molar-refractivity contribution in [3.63, 3.8) is 0 Å². The third kappa shape index (κ3) is 3.17. The second-order valence-corrected chi connectivity index (χ2v) is 8.75. The Morgan fingerprint density at radius 2 is 1.78 bits per heavy atom. The van der Waals surface area contributed by atoms with Crippen molar-refractivity contribution in [1.29, 1.82) is 0 Å². The Bertz CT molecular complexity index is 1040. The zero-order valence-corrected chi connectivity index (χ0v) is 16.2. The summed E-state index contributed by atoms with van der Waals surface area (Å²) in [5.41, 5.74) is 1.05. The van der Waals surface area contributed by atoms with Gasteiger partial charge in [0, 0.05) is 32.3 Å². The number of hydrogen-bond donors (Lipinski definition) is 0. The van der Waals surface area contributed by atoms with Crippen LogP contribution in [0.2, 0.25) is 0 Å². The molecule has 0 amide bonds. The van der Waals surface area contributed by atoms with Gasteiger partial charge in [0.1, 0.15) is 5.82 Å². The van der Waals surface area contributed by atoms with Gasteiger partial charge < -0.3 is 9.09 Å². The van der Waals surface area contributed by atoms with Crippen LogP contribution >= 0.6 is 0 Å². The van der Waals surface area contributed by atoms with E-state index in [-0.39, 0.29) is 23.4 Å². The maximum absolute atomic E-state index is 13.1. The Morgan fingerprint density at radius 3 is 2.37 bits per heavy atom. The fourth-order valence-corrected chi connectivity index (χ4v) is 5.02. The largest absolute Gasteiger partial charge is 0.339 e. The molecule has 1 saturated heterocycles. The summed E-state index contributed by atoms with van der Waals surface area (Å²) in [6.07, 6.45) is 1.55. The molecule has 9 heteroatoms. The zero-order chi connectivity index (χ0) is 19.2. The Kier molecular flexibility index (Phi) is 4.35. The van der Waals surface area contributed by atoms with Crippen LogP contribution in [0, 0.1) is 13.8 Å². The summed E-state index contributed by atoms with van der Waals surface area (Å²) >= 11 is 0. The van der Waals surface area contributed by atoms with Crippen molar-refractivity contribution in [2.24, 2.45) is 7.05 Å². The molecule has 142 valence electrons. The van der Waals surface area contributed by atoms with E-state index in [1.165, 1.54) is 4.31 Å². The monoisotopic (exact) mass is 387 g/mol. The van der Waals surface area contributed by atoms with Crippen molar-refractivity contribution in [2.45, 2.75) is 30.7 Å². The SMILES string of the molecule is Cc1noc([C@@H]2CN(S(=O)(=O)c3cn(C)c(C)n3)C[C@@H]2c2ccccc2)n1. The molecule has 0 unspecified atom stereocenters. The summed E-state index contributed by atoms with van der Waals surface area (Å²) in [5.74, 6) is 1.39. The smallest absolute Gasteiger partial charge is 0.262 e. The average Bonchev–Trinajstić information content (AvgIpc) is 3.35. The van der Waals surface area contributed by atoms with Gasteiger partial charge in [-0.1, -0.05) is 35.5 Å². The topological polar surface area (TPSA) is 94.1 Å². The van der Waals surface area contributed by atoms with Crippen molar-refractivity contribution >= 4 is 10.0 Å². The fourth-order valence-electron chi connectivity index (χ4n) is 3.50. The van der Waals surface area contributed by atoms with Crippen LogP contribution in [0.3, 0.4) is 0 Å². The predicted molar refractivity (Wildman–Crippen MR) is 97.7 cm³/mol. The number of hydrogen-bond acceptors (Lipinski definition) is 6. The maximum Gasteiger partial charge on any atom is 0.262 e. The molecule has 0 saturated carbocycles. The molecule has 0 bridgehead atoms. The number of rotatable bonds is 4. The van der Waals surface area contributed by atoms with Gasteiger partial charge in [0.15, 0.2) is 10.9 Å². The third-order valence-electron chi connectivity index (χ3n) is 5.07. The van der Waals surface area contributed by atoms with E-state index in [4.69, 9.17) is 4.52 Å². The standard InChI is InChI=1S/C18H21N5O3S/c1-12-19-18(26-21-12)16-10-23(9-15(16)14-7-5-4-6-8-14)27(24,25)17-11-22(3)13(2)20-17/h4-8,11,15-16H,9-10H2,1-3H3/t15-,16-/m1/s1. The number of benzene rings is 1. The summed E-state index contributed by atoms with van der Waals surface area (Å²) < 4.78 is 34.8. The minimum atomic E-state index is -3.70. The number of imidazole rings is 1. The molecule has 27 heavy (non-hydrogen) atoms. The minimum absolute atomic E-state index is 0.0642. The lowest BCUT2D eigenvalue weighted by Crippen LogP contribution is -2.29. The highest BCUT2D eigenvalue weighted by Gasteiger charge is 2.44. The maximum atomic E-state index is 13.1. The molecule has 8 nitrogen and oxygen atoms in total. The number of sulfonamides is 1. The summed E-state index contributed by atoms with van der Waals surface area (Å²) in [4.78, 5) is 8.56. The van der Waals surface area contributed by atoms with E-state index in [0.29, 0.717) is 24.1 Å². The highest BCUT2D eigenvalue weighted by Crippen LogP contribution is 2.40. The van der Waals surface area contributed by atoms with Gasteiger partial charge in [-0.15, -0.1) is 0 Å². The van der Waals surface area contributed by atoms with Crippen LogP contribution in [0.25, 0.3) is 0 Å². The first-order valence-corrected chi connectivity index (χ1v) is 10.2. The van der Waals surface area contributed by atoms with Gasteiger partial charge in [0.25, 0.3) is 10.0 Å². The molecular formula is C18H21N5O3S. The molecular weight excluding hydrogens is 366 g/mol. The van der Waals surface area contributed by atoms with Crippen LogP contribution < -0.4 is 0 Å². The van der Waals surface area contributed by atoms with E-state index in [1.807, 2.05) is 30.3 Å².